The van der Waals surface area contributed by atoms with Gasteiger partial charge in [-0.05, 0) is 31.2 Å². The van der Waals surface area contributed by atoms with Crippen molar-refractivity contribution >= 4 is 11.6 Å². The highest BCUT2D eigenvalue weighted by Gasteiger charge is 2.04. The molecule has 0 radical (unpaired) electrons. The van der Waals surface area contributed by atoms with Crippen LogP contribution < -0.4 is 15.4 Å². The van der Waals surface area contributed by atoms with Crippen molar-refractivity contribution in [3.63, 3.8) is 0 Å². The first-order chi connectivity index (χ1) is 7.38. The van der Waals surface area contributed by atoms with Crippen LogP contribution in [0.3, 0.4) is 0 Å². The number of hydrogen-bond donors (Lipinski definition) is 2. The quantitative estimate of drug-likeness (QED) is 0.785. The summed E-state index contributed by atoms with van der Waals surface area (Å²) in [5.41, 5.74) is 1.02. The molecular weight excluding hydrogens is 190 g/mol. The van der Waals surface area contributed by atoms with Crippen molar-refractivity contribution in [1.29, 1.82) is 0 Å². The minimum absolute atomic E-state index is 0.695. The zero-order valence-electron chi connectivity index (χ0n) is 8.79. The molecule has 1 aliphatic rings. The molecule has 0 fully saturated rings. The molecule has 0 aliphatic carbocycles. The molecule has 0 spiro atoms. The molecule has 2 rings (SSSR count). The van der Waals surface area contributed by atoms with Gasteiger partial charge in [0.25, 0.3) is 0 Å². The number of rotatable bonds is 3. The van der Waals surface area contributed by atoms with Gasteiger partial charge < -0.3 is 15.4 Å². The molecule has 2 N–H and O–H groups in total. The van der Waals surface area contributed by atoms with Gasteiger partial charge in [-0.25, -0.2) is 0 Å². The topological polar surface area (TPSA) is 45.6 Å². The van der Waals surface area contributed by atoms with Crippen molar-refractivity contribution in [2.45, 2.75) is 6.92 Å². The van der Waals surface area contributed by atoms with Crippen molar-refractivity contribution in [2.24, 2.45) is 4.99 Å². The molecule has 0 saturated carbocycles. The second-order valence-electron chi connectivity index (χ2n) is 3.24. The number of guanidine groups is 1. The highest BCUT2D eigenvalue weighted by molar-refractivity contribution is 5.94. The molecule has 0 bridgehead atoms. The van der Waals surface area contributed by atoms with Crippen LogP contribution in [0.1, 0.15) is 6.92 Å². The maximum atomic E-state index is 5.36. The molecule has 0 amide bonds. The summed E-state index contributed by atoms with van der Waals surface area (Å²) in [7, 11) is 0. The Kier molecular flexibility index (Phi) is 3.07. The van der Waals surface area contributed by atoms with Crippen LogP contribution in [0, 0.1) is 0 Å². The minimum Gasteiger partial charge on any atom is -0.494 e. The standard InChI is InChI=1S/C11H15N3O/c1-2-15-10-5-3-9(4-6-10)14-11-12-7-8-13-11/h3-6H,2,7-8H2,1H3,(H2,12,13,14). The van der Waals surface area contributed by atoms with Gasteiger partial charge in [0.15, 0.2) is 5.96 Å². The fourth-order valence-electron chi connectivity index (χ4n) is 1.42. The summed E-state index contributed by atoms with van der Waals surface area (Å²) in [5, 5.41) is 6.35. The maximum Gasteiger partial charge on any atom is 0.195 e. The lowest BCUT2D eigenvalue weighted by Gasteiger charge is -2.07. The molecule has 4 heteroatoms. The van der Waals surface area contributed by atoms with Crippen LogP contribution in [0.5, 0.6) is 5.75 Å². The van der Waals surface area contributed by atoms with Crippen LogP contribution >= 0.6 is 0 Å². The van der Waals surface area contributed by atoms with Gasteiger partial charge in [0.2, 0.25) is 0 Å². The predicted octanol–water partition coefficient (Wildman–Crippen LogP) is 1.46. The van der Waals surface area contributed by atoms with Crippen molar-refractivity contribution in [1.82, 2.24) is 5.32 Å². The molecule has 0 aromatic heterocycles. The molecule has 1 heterocycles. The summed E-state index contributed by atoms with van der Waals surface area (Å²) >= 11 is 0. The fourth-order valence-corrected chi connectivity index (χ4v) is 1.42. The van der Waals surface area contributed by atoms with E-state index in [0.29, 0.717) is 6.61 Å². The van der Waals surface area contributed by atoms with E-state index < -0.39 is 0 Å². The molecule has 4 nitrogen and oxygen atoms in total. The van der Waals surface area contributed by atoms with E-state index in [1.165, 1.54) is 0 Å². The molecule has 1 aromatic rings. The molecule has 0 atom stereocenters. The molecular formula is C11H15N3O. The summed E-state index contributed by atoms with van der Waals surface area (Å²) < 4.78 is 5.36. The Bertz CT molecular complexity index is 345. The van der Waals surface area contributed by atoms with E-state index in [9.17, 15) is 0 Å². The number of nitrogens with one attached hydrogen (secondary N) is 2. The van der Waals surface area contributed by atoms with Gasteiger partial charge in [0.1, 0.15) is 5.75 Å². The van der Waals surface area contributed by atoms with E-state index in [0.717, 1.165) is 30.5 Å². The van der Waals surface area contributed by atoms with Crippen LogP contribution in [0.2, 0.25) is 0 Å². The SMILES string of the molecule is CCOc1ccc(NC2=NCCN2)cc1. The van der Waals surface area contributed by atoms with E-state index >= 15 is 0 Å². The molecule has 15 heavy (non-hydrogen) atoms. The lowest BCUT2D eigenvalue weighted by atomic mass is 10.3. The number of ether oxygens (including phenoxy) is 1. The summed E-state index contributed by atoms with van der Waals surface area (Å²) in [6.07, 6.45) is 0. The molecule has 80 valence electrons. The van der Waals surface area contributed by atoms with E-state index in [2.05, 4.69) is 15.6 Å². The third kappa shape index (κ3) is 2.62. The normalized spacial score (nSPS) is 14.3. The van der Waals surface area contributed by atoms with Gasteiger partial charge in [-0.1, -0.05) is 0 Å². The lowest BCUT2D eigenvalue weighted by Crippen LogP contribution is -2.26. The molecule has 0 unspecified atom stereocenters. The van der Waals surface area contributed by atoms with Crippen molar-refractivity contribution in [3.8, 4) is 5.75 Å². The number of anilines is 1. The Morgan fingerprint density at radius 2 is 2.20 bits per heavy atom. The number of aliphatic imine (C=N–C) groups is 1. The van der Waals surface area contributed by atoms with Gasteiger partial charge >= 0.3 is 0 Å². The highest BCUT2D eigenvalue weighted by atomic mass is 16.5. The van der Waals surface area contributed by atoms with Gasteiger partial charge in [0, 0.05) is 12.2 Å². The first-order valence-corrected chi connectivity index (χ1v) is 5.16. The highest BCUT2D eigenvalue weighted by Crippen LogP contribution is 2.15. The van der Waals surface area contributed by atoms with E-state index in [1.807, 2.05) is 31.2 Å². The smallest absolute Gasteiger partial charge is 0.195 e. The number of nitrogens with zero attached hydrogens (tertiary/aromatic N) is 1. The first kappa shape index (κ1) is 9.83. The summed E-state index contributed by atoms with van der Waals surface area (Å²) in [6, 6.07) is 7.85. The van der Waals surface area contributed by atoms with E-state index in [1.54, 1.807) is 0 Å². The second-order valence-corrected chi connectivity index (χ2v) is 3.24. The van der Waals surface area contributed by atoms with Crippen LogP contribution in [0.4, 0.5) is 5.69 Å². The monoisotopic (exact) mass is 205 g/mol. The zero-order valence-corrected chi connectivity index (χ0v) is 8.79. The number of hydrogen-bond acceptors (Lipinski definition) is 4. The third-order valence-corrected chi connectivity index (χ3v) is 2.10. The Labute approximate surface area is 89.4 Å². The minimum atomic E-state index is 0.695. The fraction of sp³-hybridized carbons (Fsp3) is 0.364. The Hall–Kier alpha value is -1.71. The zero-order chi connectivity index (χ0) is 10.5. The van der Waals surface area contributed by atoms with E-state index in [4.69, 9.17) is 4.74 Å². The average molecular weight is 205 g/mol. The Morgan fingerprint density at radius 1 is 1.40 bits per heavy atom. The second kappa shape index (κ2) is 4.68. The predicted molar refractivity (Wildman–Crippen MR) is 61.5 cm³/mol. The van der Waals surface area contributed by atoms with Crippen molar-refractivity contribution in [3.05, 3.63) is 24.3 Å². The van der Waals surface area contributed by atoms with Crippen molar-refractivity contribution < 1.29 is 4.74 Å². The van der Waals surface area contributed by atoms with Gasteiger partial charge in [-0.2, -0.15) is 0 Å². The van der Waals surface area contributed by atoms with Crippen LogP contribution in [-0.4, -0.2) is 25.7 Å². The summed E-state index contributed by atoms with van der Waals surface area (Å²) in [4.78, 5) is 4.25. The largest absolute Gasteiger partial charge is 0.494 e. The van der Waals surface area contributed by atoms with Crippen LogP contribution in [0.25, 0.3) is 0 Å². The van der Waals surface area contributed by atoms with Gasteiger partial charge in [-0.15, -0.1) is 0 Å². The maximum absolute atomic E-state index is 5.36. The van der Waals surface area contributed by atoms with Crippen LogP contribution in [-0.2, 0) is 0 Å². The Balaban J connectivity index is 1.97. The first-order valence-electron chi connectivity index (χ1n) is 5.16. The third-order valence-electron chi connectivity index (χ3n) is 2.10. The van der Waals surface area contributed by atoms with Crippen molar-refractivity contribution in [2.75, 3.05) is 25.0 Å². The van der Waals surface area contributed by atoms with Crippen LogP contribution in [0.15, 0.2) is 29.3 Å². The lowest BCUT2D eigenvalue weighted by molar-refractivity contribution is 0.340. The number of benzene rings is 1. The summed E-state index contributed by atoms with van der Waals surface area (Å²) in [5.74, 6) is 1.74. The van der Waals surface area contributed by atoms with Gasteiger partial charge in [-0.3, -0.25) is 4.99 Å². The molecule has 1 aliphatic heterocycles. The average Bonchev–Trinajstić information content (AvgIpc) is 2.74. The molecule has 1 aromatic carbocycles. The molecule has 0 saturated heterocycles. The van der Waals surface area contributed by atoms with E-state index in [-0.39, 0.29) is 0 Å². The Morgan fingerprint density at radius 3 is 2.80 bits per heavy atom. The summed E-state index contributed by atoms with van der Waals surface area (Å²) in [6.45, 7) is 4.43. The van der Waals surface area contributed by atoms with Gasteiger partial charge in [0.05, 0.1) is 13.2 Å².